The van der Waals surface area contributed by atoms with Crippen LogP contribution in [0, 0.1) is 6.92 Å². The van der Waals surface area contributed by atoms with Crippen LogP contribution in [0.15, 0.2) is 23.0 Å². The molecule has 0 aliphatic heterocycles. The summed E-state index contributed by atoms with van der Waals surface area (Å²) in [7, 11) is 1.56. The molecule has 0 unspecified atom stereocenters. The Kier molecular flexibility index (Phi) is 2.11. The molecule has 4 nitrogen and oxygen atoms in total. The molecule has 78 valence electrons. The van der Waals surface area contributed by atoms with Crippen molar-refractivity contribution in [2.45, 2.75) is 6.92 Å². The van der Waals surface area contributed by atoms with E-state index in [2.05, 4.69) is 4.98 Å². The smallest absolute Gasteiger partial charge is 0.290 e. The van der Waals surface area contributed by atoms with Crippen LogP contribution in [-0.2, 0) is 0 Å². The second-order valence-corrected chi connectivity index (χ2v) is 3.34. The molecule has 0 bridgehead atoms. The molecule has 0 radical (unpaired) electrons. The van der Waals surface area contributed by atoms with Crippen LogP contribution in [0.1, 0.15) is 5.56 Å². The highest BCUT2D eigenvalue weighted by Crippen LogP contribution is 2.24. The van der Waals surface area contributed by atoms with Crippen molar-refractivity contribution >= 4 is 10.9 Å². The molecular weight excluding hydrogens is 194 g/mol. The maximum absolute atomic E-state index is 11.3. The van der Waals surface area contributed by atoms with Crippen LogP contribution in [0.2, 0.25) is 0 Å². The summed E-state index contributed by atoms with van der Waals surface area (Å²) in [6, 6.07) is 5.31. The third-order valence-electron chi connectivity index (χ3n) is 2.45. The Labute approximate surface area is 86.1 Å². The number of H-pyrrole nitrogens is 1. The van der Waals surface area contributed by atoms with Crippen LogP contribution in [0.4, 0.5) is 0 Å². The van der Waals surface area contributed by atoms with Crippen LogP contribution in [0.25, 0.3) is 10.9 Å². The van der Waals surface area contributed by atoms with Gasteiger partial charge in [-0.2, -0.15) is 0 Å². The highest BCUT2D eigenvalue weighted by atomic mass is 16.5. The van der Waals surface area contributed by atoms with Crippen molar-refractivity contribution in [3.63, 3.8) is 0 Å². The molecule has 0 saturated carbocycles. The Hall–Kier alpha value is -1.97. The summed E-state index contributed by atoms with van der Waals surface area (Å²) in [4.78, 5) is 13.9. The third kappa shape index (κ3) is 1.44. The standard InChI is InChI=1S/C11H11NO3/c1-6-8-4-3-7(15-2)5-9(8)12-11(14)10(6)13/h3-5,13H,1-2H3,(H,12,14). The second kappa shape index (κ2) is 3.31. The molecule has 0 atom stereocenters. The average Bonchev–Trinajstić information content (AvgIpc) is 2.25. The number of fused-ring (bicyclic) bond motifs is 1. The fraction of sp³-hybridized carbons (Fsp3) is 0.182. The van der Waals surface area contributed by atoms with Crippen LogP contribution in [0.3, 0.4) is 0 Å². The van der Waals surface area contributed by atoms with Gasteiger partial charge in [-0.1, -0.05) is 0 Å². The molecule has 1 heterocycles. The van der Waals surface area contributed by atoms with Gasteiger partial charge in [-0.15, -0.1) is 0 Å². The average molecular weight is 205 g/mol. The molecule has 2 aromatic rings. The van der Waals surface area contributed by atoms with Gasteiger partial charge in [0.1, 0.15) is 5.75 Å². The van der Waals surface area contributed by atoms with E-state index < -0.39 is 5.56 Å². The fourth-order valence-electron chi connectivity index (χ4n) is 1.56. The van der Waals surface area contributed by atoms with Gasteiger partial charge in [0.25, 0.3) is 5.56 Å². The number of aromatic amines is 1. The molecule has 2 rings (SSSR count). The summed E-state index contributed by atoms with van der Waals surface area (Å²) < 4.78 is 5.05. The first-order valence-electron chi connectivity index (χ1n) is 4.53. The quantitative estimate of drug-likeness (QED) is 0.742. The molecular formula is C11H11NO3. The van der Waals surface area contributed by atoms with E-state index in [1.165, 1.54) is 0 Å². The van der Waals surface area contributed by atoms with Gasteiger partial charge in [-0.05, 0) is 19.1 Å². The number of nitrogens with one attached hydrogen (secondary N) is 1. The van der Waals surface area contributed by atoms with Gasteiger partial charge in [0.15, 0.2) is 5.75 Å². The highest BCUT2D eigenvalue weighted by molar-refractivity contribution is 5.84. The topological polar surface area (TPSA) is 62.3 Å². The van der Waals surface area contributed by atoms with Crippen molar-refractivity contribution < 1.29 is 9.84 Å². The number of aryl methyl sites for hydroxylation is 1. The molecule has 0 aliphatic carbocycles. The maximum Gasteiger partial charge on any atom is 0.290 e. The van der Waals surface area contributed by atoms with E-state index in [1.54, 1.807) is 32.2 Å². The molecule has 0 fully saturated rings. The Morgan fingerprint density at radius 3 is 2.80 bits per heavy atom. The normalized spacial score (nSPS) is 10.5. The molecule has 1 aromatic heterocycles. The molecule has 0 aliphatic rings. The lowest BCUT2D eigenvalue weighted by atomic mass is 10.1. The third-order valence-corrected chi connectivity index (χ3v) is 2.45. The number of hydrogen-bond acceptors (Lipinski definition) is 3. The van der Waals surface area contributed by atoms with Gasteiger partial charge >= 0.3 is 0 Å². The van der Waals surface area contributed by atoms with Crippen LogP contribution in [0.5, 0.6) is 11.5 Å². The zero-order chi connectivity index (χ0) is 11.0. The van der Waals surface area contributed by atoms with Crippen LogP contribution >= 0.6 is 0 Å². The maximum atomic E-state index is 11.3. The van der Waals surface area contributed by atoms with Gasteiger partial charge in [0.2, 0.25) is 0 Å². The van der Waals surface area contributed by atoms with Gasteiger partial charge in [0, 0.05) is 17.0 Å². The summed E-state index contributed by atoms with van der Waals surface area (Å²) in [5.41, 5.74) is 0.763. The summed E-state index contributed by atoms with van der Waals surface area (Å²) in [5, 5.41) is 10.3. The Morgan fingerprint density at radius 2 is 2.13 bits per heavy atom. The Bertz CT molecular complexity index is 572. The minimum atomic E-state index is -0.478. The van der Waals surface area contributed by atoms with E-state index in [4.69, 9.17) is 4.74 Å². The number of benzene rings is 1. The number of rotatable bonds is 1. The van der Waals surface area contributed by atoms with E-state index >= 15 is 0 Å². The number of aromatic nitrogens is 1. The SMILES string of the molecule is COc1ccc2c(C)c(O)c(=O)[nH]c2c1. The van der Waals surface area contributed by atoms with Crippen LogP contribution < -0.4 is 10.3 Å². The lowest BCUT2D eigenvalue weighted by molar-refractivity contribution is 0.415. The number of aromatic hydroxyl groups is 1. The van der Waals surface area contributed by atoms with Gasteiger partial charge in [-0.25, -0.2) is 0 Å². The predicted octanol–water partition coefficient (Wildman–Crippen LogP) is 1.55. The minimum absolute atomic E-state index is 0.229. The summed E-state index contributed by atoms with van der Waals surface area (Å²) in [5.74, 6) is 0.441. The number of hydrogen-bond donors (Lipinski definition) is 2. The number of ether oxygens (including phenoxy) is 1. The van der Waals surface area contributed by atoms with Crippen molar-refractivity contribution in [1.29, 1.82) is 0 Å². The zero-order valence-corrected chi connectivity index (χ0v) is 8.50. The lowest BCUT2D eigenvalue weighted by Crippen LogP contribution is -2.06. The van der Waals surface area contributed by atoms with E-state index in [0.29, 0.717) is 16.8 Å². The lowest BCUT2D eigenvalue weighted by Gasteiger charge is -2.05. The number of pyridine rings is 1. The van der Waals surface area contributed by atoms with Gasteiger partial charge < -0.3 is 14.8 Å². The molecule has 15 heavy (non-hydrogen) atoms. The predicted molar refractivity (Wildman–Crippen MR) is 57.5 cm³/mol. The summed E-state index contributed by atoms with van der Waals surface area (Å²) in [6.07, 6.45) is 0. The molecule has 0 amide bonds. The second-order valence-electron chi connectivity index (χ2n) is 3.34. The monoisotopic (exact) mass is 205 g/mol. The fourth-order valence-corrected chi connectivity index (χ4v) is 1.56. The van der Waals surface area contributed by atoms with Crippen molar-refractivity contribution in [3.05, 3.63) is 34.1 Å². The molecule has 0 spiro atoms. The number of methoxy groups -OCH3 is 1. The summed E-state index contributed by atoms with van der Waals surface area (Å²) in [6.45, 7) is 1.71. The Balaban J connectivity index is 2.86. The first-order valence-corrected chi connectivity index (χ1v) is 4.53. The molecule has 1 aromatic carbocycles. The van der Waals surface area contributed by atoms with Crippen molar-refractivity contribution in [3.8, 4) is 11.5 Å². The highest BCUT2D eigenvalue weighted by Gasteiger charge is 2.07. The van der Waals surface area contributed by atoms with E-state index in [-0.39, 0.29) is 5.75 Å². The molecule has 4 heteroatoms. The minimum Gasteiger partial charge on any atom is -0.503 e. The van der Waals surface area contributed by atoms with E-state index in [1.807, 2.05) is 0 Å². The largest absolute Gasteiger partial charge is 0.503 e. The first kappa shape index (κ1) is 9.58. The van der Waals surface area contributed by atoms with Gasteiger partial charge in [-0.3, -0.25) is 4.79 Å². The van der Waals surface area contributed by atoms with E-state index in [9.17, 15) is 9.90 Å². The van der Waals surface area contributed by atoms with Gasteiger partial charge in [0.05, 0.1) is 12.6 Å². The van der Waals surface area contributed by atoms with Crippen molar-refractivity contribution in [1.82, 2.24) is 4.98 Å². The van der Waals surface area contributed by atoms with E-state index in [0.717, 1.165) is 5.39 Å². The zero-order valence-electron chi connectivity index (χ0n) is 8.50. The molecule has 0 saturated heterocycles. The first-order chi connectivity index (χ1) is 7.13. The Morgan fingerprint density at radius 1 is 1.40 bits per heavy atom. The van der Waals surface area contributed by atoms with Crippen LogP contribution in [-0.4, -0.2) is 17.2 Å². The van der Waals surface area contributed by atoms with Crippen molar-refractivity contribution in [2.24, 2.45) is 0 Å². The summed E-state index contributed by atoms with van der Waals surface area (Å²) >= 11 is 0. The van der Waals surface area contributed by atoms with Crippen molar-refractivity contribution in [2.75, 3.05) is 7.11 Å². The molecule has 2 N–H and O–H groups in total.